The van der Waals surface area contributed by atoms with Crippen LogP contribution < -0.4 is 0 Å². The van der Waals surface area contributed by atoms with Gasteiger partial charge in [-0.2, -0.15) is 0 Å². The second kappa shape index (κ2) is 24.3. The van der Waals surface area contributed by atoms with Crippen LogP contribution in [0.15, 0.2) is 0 Å². The second-order valence-electron chi connectivity index (χ2n) is 13.2. The average molecular weight is 497 g/mol. The Labute approximate surface area is 224 Å². The largest absolute Gasteiger partial charge is 0.328 e. The first kappa shape index (κ1) is 34.9. The molecule has 0 radical (unpaired) electrons. The fourth-order valence-corrected chi connectivity index (χ4v) is 5.53. The van der Waals surface area contributed by atoms with E-state index in [1.54, 1.807) is 0 Å². The van der Waals surface area contributed by atoms with Crippen LogP contribution in [0.5, 0.6) is 0 Å². The third-order valence-corrected chi connectivity index (χ3v) is 8.26. The molecule has 0 atom stereocenters. The molecule has 0 saturated carbocycles. The van der Waals surface area contributed by atoms with E-state index in [1.807, 2.05) is 0 Å². The summed E-state index contributed by atoms with van der Waals surface area (Å²) in [6, 6.07) is 0. The number of hydrogen-bond donors (Lipinski definition) is 0. The van der Waals surface area contributed by atoms with Gasteiger partial charge in [-0.1, -0.05) is 123 Å². The number of hydrogen-bond acceptors (Lipinski definition) is 0. The number of nitrogens with zero attached hydrogens (tertiary/aromatic N) is 2. The van der Waals surface area contributed by atoms with Crippen molar-refractivity contribution in [1.29, 1.82) is 0 Å². The summed E-state index contributed by atoms with van der Waals surface area (Å²) in [6.45, 7) is 10.1. The molecule has 0 spiro atoms. The predicted molar refractivity (Wildman–Crippen MR) is 161 cm³/mol. The van der Waals surface area contributed by atoms with Crippen LogP contribution in [0, 0.1) is 0 Å². The lowest BCUT2D eigenvalue weighted by Gasteiger charge is -2.32. The highest BCUT2D eigenvalue weighted by Crippen LogP contribution is 2.15. The standard InChI is InChI=1S/C33H72N2/c1-7-9-11-13-14-15-16-17-18-19-20-21-22-23-25-27-31-35(5,6)33-29-28-32-34(3,4)30-26-24-12-10-8-2/h7-33H2,1-6H3/q+2. The maximum atomic E-state index is 2.46. The van der Waals surface area contributed by atoms with Crippen molar-refractivity contribution >= 4 is 0 Å². The maximum absolute atomic E-state index is 2.46. The Morgan fingerprint density at radius 1 is 0.257 bits per heavy atom. The molecule has 0 bridgehead atoms. The highest BCUT2D eigenvalue weighted by molar-refractivity contribution is 4.51. The lowest BCUT2D eigenvalue weighted by molar-refractivity contribution is -0.897. The zero-order valence-corrected chi connectivity index (χ0v) is 26.0. The minimum absolute atomic E-state index is 1.22. The SMILES string of the molecule is CCCCCCCCCCCCCCCCCC[N+](C)(C)CCCC[N+](C)(C)CCCCCCC. The van der Waals surface area contributed by atoms with Crippen molar-refractivity contribution < 1.29 is 8.97 Å². The van der Waals surface area contributed by atoms with Crippen molar-refractivity contribution in [2.45, 2.75) is 162 Å². The fourth-order valence-electron chi connectivity index (χ4n) is 5.53. The van der Waals surface area contributed by atoms with E-state index in [9.17, 15) is 0 Å². The molecule has 212 valence electrons. The summed E-state index contributed by atoms with van der Waals surface area (Å²) in [6.07, 6.45) is 33.2. The predicted octanol–water partition coefficient (Wildman–Crippen LogP) is 10.2. The molecule has 0 rings (SSSR count). The quantitative estimate of drug-likeness (QED) is 0.0746. The van der Waals surface area contributed by atoms with Crippen molar-refractivity contribution in [3.8, 4) is 0 Å². The Balaban J connectivity index is 3.47. The molecular formula is C33H72N2+2. The molecule has 0 aliphatic heterocycles. The molecule has 0 N–H and O–H groups in total. The molecule has 0 amide bonds. The van der Waals surface area contributed by atoms with Crippen molar-refractivity contribution in [3.05, 3.63) is 0 Å². The zero-order chi connectivity index (χ0) is 26.1. The molecular weight excluding hydrogens is 424 g/mol. The van der Waals surface area contributed by atoms with Gasteiger partial charge in [0.1, 0.15) is 0 Å². The Morgan fingerprint density at radius 3 is 0.657 bits per heavy atom. The van der Waals surface area contributed by atoms with Crippen molar-refractivity contribution in [2.24, 2.45) is 0 Å². The highest BCUT2D eigenvalue weighted by Gasteiger charge is 2.17. The van der Waals surface area contributed by atoms with E-state index in [0.29, 0.717) is 0 Å². The number of rotatable bonds is 28. The van der Waals surface area contributed by atoms with Crippen LogP contribution in [0.1, 0.15) is 162 Å². The van der Waals surface area contributed by atoms with Gasteiger partial charge < -0.3 is 8.97 Å². The van der Waals surface area contributed by atoms with Gasteiger partial charge in [0.05, 0.1) is 54.4 Å². The van der Waals surface area contributed by atoms with Gasteiger partial charge in [0.15, 0.2) is 0 Å². The van der Waals surface area contributed by atoms with Crippen LogP contribution >= 0.6 is 0 Å². The molecule has 2 heteroatoms. The maximum Gasteiger partial charge on any atom is 0.0784 e. The minimum Gasteiger partial charge on any atom is -0.328 e. The topological polar surface area (TPSA) is 0 Å². The molecule has 2 nitrogen and oxygen atoms in total. The van der Waals surface area contributed by atoms with E-state index < -0.39 is 0 Å². The fraction of sp³-hybridized carbons (Fsp3) is 1.00. The molecule has 0 aromatic carbocycles. The minimum atomic E-state index is 1.22. The number of quaternary nitrogens is 2. The van der Waals surface area contributed by atoms with Gasteiger partial charge in [-0.3, -0.25) is 0 Å². The van der Waals surface area contributed by atoms with E-state index >= 15 is 0 Å². The molecule has 0 heterocycles. The van der Waals surface area contributed by atoms with Gasteiger partial charge in [0.2, 0.25) is 0 Å². The average Bonchev–Trinajstić information content (AvgIpc) is 2.81. The van der Waals surface area contributed by atoms with Crippen LogP contribution in [0.3, 0.4) is 0 Å². The van der Waals surface area contributed by atoms with Crippen molar-refractivity contribution in [1.82, 2.24) is 0 Å². The summed E-state index contributed by atoms with van der Waals surface area (Å²) in [7, 11) is 9.80. The van der Waals surface area contributed by atoms with Gasteiger partial charge in [-0.05, 0) is 25.7 Å². The molecule has 0 fully saturated rings. The van der Waals surface area contributed by atoms with Crippen LogP contribution in [0.25, 0.3) is 0 Å². The van der Waals surface area contributed by atoms with Crippen molar-refractivity contribution in [3.63, 3.8) is 0 Å². The molecule has 0 aromatic heterocycles. The van der Waals surface area contributed by atoms with E-state index in [-0.39, 0.29) is 0 Å². The van der Waals surface area contributed by atoms with Crippen LogP contribution in [-0.4, -0.2) is 63.3 Å². The smallest absolute Gasteiger partial charge is 0.0784 e. The second-order valence-corrected chi connectivity index (χ2v) is 13.2. The zero-order valence-electron chi connectivity index (χ0n) is 26.0. The van der Waals surface area contributed by atoms with Gasteiger partial charge in [0.25, 0.3) is 0 Å². The Hall–Kier alpha value is -0.0800. The summed E-state index contributed by atoms with van der Waals surface area (Å²) in [4.78, 5) is 0. The molecule has 0 unspecified atom stereocenters. The summed E-state index contributed by atoms with van der Waals surface area (Å²) in [5.41, 5.74) is 0. The summed E-state index contributed by atoms with van der Waals surface area (Å²) < 4.78 is 2.45. The highest BCUT2D eigenvalue weighted by atomic mass is 15.3. The van der Waals surface area contributed by atoms with Crippen LogP contribution in [0.2, 0.25) is 0 Å². The van der Waals surface area contributed by atoms with Gasteiger partial charge >= 0.3 is 0 Å². The molecule has 35 heavy (non-hydrogen) atoms. The molecule has 0 saturated heterocycles. The third-order valence-electron chi connectivity index (χ3n) is 8.26. The first-order valence-electron chi connectivity index (χ1n) is 16.5. The first-order chi connectivity index (χ1) is 16.8. The Morgan fingerprint density at radius 2 is 0.429 bits per heavy atom. The first-order valence-corrected chi connectivity index (χ1v) is 16.5. The monoisotopic (exact) mass is 497 g/mol. The number of unbranched alkanes of at least 4 members (excludes halogenated alkanes) is 20. The summed E-state index contributed by atoms with van der Waals surface area (Å²) >= 11 is 0. The normalized spacial score (nSPS) is 12.5. The van der Waals surface area contributed by atoms with Gasteiger partial charge in [0, 0.05) is 12.8 Å². The van der Waals surface area contributed by atoms with Gasteiger partial charge in [-0.15, -0.1) is 0 Å². The van der Waals surface area contributed by atoms with E-state index in [0.717, 1.165) is 0 Å². The Kier molecular flexibility index (Phi) is 24.2. The molecule has 0 aromatic rings. The third kappa shape index (κ3) is 26.8. The summed E-state index contributed by atoms with van der Waals surface area (Å²) in [5.74, 6) is 0. The van der Waals surface area contributed by atoms with Crippen LogP contribution in [-0.2, 0) is 0 Å². The van der Waals surface area contributed by atoms with Crippen molar-refractivity contribution in [2.75, 3.05) is 54.4 Å². The molecule has 0 aliphatic rings. The lowest BCUT2D eigenvalue weighted by Crippen LogP contribution is -2.43. The molecule has 0 aliphatic carbocycles. The van der Waals surface area contributed by atoms with E-state index in [2.05, 4.69) is 42.0 Å². The van der Waals surface area contributed by atoms with E-state index in [4.69, 9.17) is 0 Å². The van der Waals surface area contributed by atoms with Gasteiger partial charge in [-0.25, -0.2) is 0 Å². The van der Waals surface area contributed by atoms with E-state index in [1.165, 1.54) is 183 Å². The summed E-state index contributed by atoms with van der Waals surface area (Å²) in [5, 5.41) is 0. The lowest BCUT2D eigenvalue weighted by atomic mass is 10.0. The Bertz CT molecular complexity index is 415. The van der Waals surface area contributed by atoms with Crippen LogP contribution in [0.4, 0.5) is 0 Å².